The van der Waals surface area contributed by atoms with E-state index in [9.17, 15) is 5.11 Å². The Kier molecular flexibility index (Phi) is 6.85. The van der Waals surface area contributed by atoms with Crippen LogP contribution >= 0.6 is 11.5 Å². The summed E-state index contributed by atoms with van der Waals surface area (Å²) in [4.78, 5) is 7.21. The minimum Gasteiger partial charge on any atom is -0.394 e. The summed E-state index contributed by atoms with van der Waals surface area (Å²) in [5, 5.41) is 11.7. The first kappa shape index (κ1) is 22.0. The van der Waals surface area contributed by atoms with Gasteiger partial charge in [0.2, 0.25) is 0 Å². The Hall–Kier alpha value is -1.84. The van der Waals surface area contributed by atoms with Gasteiger partial charge in [-0.1, -0.05) is 25.1 Å². The van der Waals surface area contributed by atoms with E-state index < -0.39 is 0 Å². The first-order chi connectivity index (χ1) is 15.7. The normalized spacial score (nSPS) is 20.9. The molecule has 0 amide bonds. The fraction of sp³-hybridized carbons (Fsp3) is 0.583. The zero-order valence-electron chi connectivity index (χ0n) is 18.7. The van der Waals surface area contributed by atoms with Crippen molar-refractivity contribution in [2.45, 2.75) is 45.4 Å². The molecule has 2 fully saturated rings. The van der Waals surface area contributed by atoms with Crippen molar-refractivity contribution >= 4 is 22.4 Å². The molecule has 2 aliphatic rings. The van der Waals surface area contributed by atoms with Gasteiger partial charge in [-0.3, -0.25) is 4.90 Å². The zero-order valence-corrected chi connectivity index (χ0v) is 19.5. The molecule has 1 N–H and O–H groups in total. The van der Waals surface area contributed by atoms with Gasteiger partial charge in [-0.05, 0) is 42.3 Å². The summed E-state index contributed by atoms with van der Waals surface area (Å²) in [5.41, 5.74) is 3.83. The van der Waals surface area contributed by atoms with E-state index in [2.05, 4.69) is 40.8 Å². The molecule has 1 aromatic carbocycles. The Bertz CT molecular complexity index is 1040. The molecule has 5 rings (SSSR count). The van der Waals surface area contributed by atoms with Gasteiger partial charge in [0.15, 0.2) is 5.82 Å². The fourth-order valence-electron chi connectivity index (χ4n) is 4.91. The van der Waals surface area contributed by atoms with Crippen LogP contribution in [0.1, 0.15) is 30.3 Å². The second-order valence-corrected chi connectivity index (χ2v) is 9.68. The van der Waals surface area contributed by atoms with Gasteiger partial charge in [-0.25, -0.2) is 4.98 Å². The largest absolute Gasteiger partial charge is 0.394 e. The van der Waals surface area contributed by atoms with Gasteiger partial charge < -0.3 is 19.1 Å². The van der Waals surface area contributed by atoms with Gasteiger partial charge in [0.25, 0.3) is 0 Å². The first-order valence-electron chi connectivity index (χ1n) is 11.7. The summed E-state index contributed by atoms with van der Waals surface area (Å²) in [6.45, 7) is 8.02. The molecule has 1 atom stereocenters. The van der Waals surface area contributed by atoms with E-state index >= 15 is 0 Å². The lowest BCUT2D eigenvalue weighted by molar-refractivity contribution is -0.0551. The van der Waals surface area contributed by atoms with Crippen LogP contribution in [0.3, 0.4) is 0 Å². The number of rotatable bonds is 7. The molecule has 2 aliphatic heterocycles. The average Bonchev–Trinajstić information content (AvgIpc) is 3.44. The first-order valence-corrected chi connectivity index (χ1v) is 12.5. The molecule has 0 aliphatic carbocycles. The van der Waals surface area contributed by atoms with Crippen LogP contribution in [-0.2, 0) is 29.0 Å². The summed E-state index contributed by atoms with van der Waals surface area (Å²) >= 11 is 1.48. The van der Waals surface area contributed by atoms with Crippen molar-refractivity contribution in [2.24, 2.45) is 5.92 Å². The zero-order chi connectivity index (χ0) is 21.9. The predicted octanol–water partition coefficient (Wildman–Crippen LogP) is 3.34. The highest BCUT2D eigenvalue weighted by molar-refractivity contribution is 7.05. The highest BCUT2D eigenvalue weighted by Gasteiger charge is 2.23. The van der Waals surface area contributed by atoms with Gasteiger partial charge in [0, 0.05) is 50.0 Å². The van der Waals surface area contributed by atoms with Crippen molar-refractivity contribution in [3.8, 4) is 11.4 Å². The molecule has 1 unspecified atom stereocenters. The van der Waals surface area contributed by atoms with Crippen molar-refractivity contribution in [1.82, 2.24) is 18.8 Å². The molecule has 2 saturated heterocycles. The lowest BCUT2D eigenvalue weighted by Crippen LogP contribution is -2.43. The fourth-order valence-corrected chi connectivity index (χ4v) is 5.61. The molecule has 8 heteroatoms. The van der Waals surface area contributed by atoms with E-state index in [-0.39, 0.29) is 12.7 Å². The minimum atomic E-state index is -0.105. The van der Waals surface area contributed by atoms with Crippen molar-refractivity contribution in [1.29, 1.82) is 0 Å². The molecule has 4 heterocycles. The number of aliphatic hydroxyl groups excluding tert-OH is 1. The number of para-hydroxylation sites is 1. The smallest absolute Gasteiger partial charge is 0.175 e. The van der Waals surface area contributed by atoms with Crippen LogP contribution in [0.2, 0.25) is 0 Å². The van der Waals surface area contributed by atoms with Crippen LogP contribution in [-0.4, -0.2) is 69.6 Å². The average molecular weight is 457 g/mol. The second-order valence-electron chi connectivity index (χ2n) is 8.84. The van der Waals surface area contributed by atoms with Crippen LogP contribution < -0.4 is 0 Å². The highest BCUT2D eigenvalue weighted by atomic mass is 32.1. The van der Waals surface area contributed by atoms with Crippen molar-refractivity contribution < 1.29 is 14.6 Å². The minimum absolute atomic E-state index is 0.0598. The molecule has 3 aromatic rings. The molecular formula is C24H32N4O3S. The second kappa shape index (κ2) is 9.97. The van der Waals surface area contributed by atoms with Gasteiger partial charge >= 0.3 is 0 Å². The topological polar surface area (TPSA) is 72.6 Å². The summed E-state index contributed by atoms with van der Waals surface area (Å²) in [6, 6.07) is 6.60. The lowest BCUT2D eigenvalue weighted by Gasteiger charge is -2.31. The van der Waals surface area contributed by atoms with Crippen molar-refractivity contribution in [2.75, 3.05) is 39.5 Å². The van der Waals surface area contributed by atoms with Crippen molar-refractivity contribution in [3.05, 3.63) is 35.0 Å². The Morgan fingerprint density at radius 2 is 2.09 bits per heavy atom. The third-order valence-corrected chi connectivity index (χ3v) is 7.35. The van der Waals surface area contributed by atoms with E-state index in [0.717, 1.165) is 75.1 Å². The van der Waals surface area contributed by atoms with E-state index in [1.165, 1.54) is 28.0 Å². The summed E-state index contributed by atoms with van der Waals surface area (Å²) in [7, 11) is 0. The predicted molar refractivity (Wildman–Crippen MR) is 126 cm³/mol. The Labute approximate surface area is 193 Å². The molecule has 0 radical (unpaired) electrons. The maximum atomic E-state index is 9.40. The third kappa shape index (κ3) is 4.61. The number of aromatic nitrogens is 3. The Morgan fingerprint density at radius 1 is 1.22 bits per heavy atom. The quantitative estimate of drug-likeness (QED) is 0.588. The summed E-state index contributed by atoms with van der Waals surface area (Å²) in [5.74, 6) is 1.47. The number of benzene rings is 1. The summed E-state index contributed by atoms with van der Waals surface area (Å²) in [6.07, 6.45) is 5.41. The van der Waals surface area contributed by atoms with Crippen LogP contribution in [0.4, 0.5) is 0 Å². The summed E-state index contributed by atoms with van der Waals surface area (Å²) < 4.78 is 18.3. The number of hydrogen-bond acceptors (Lipinski definition) is 7. The van der Waals surface area contributed by atoms with E-state index in [4.69, 9.17) is 18.8 Å². The number of ether oxygens (including phenoxy) is 2. The van der Waals surface area contributed by atoms with Crippen molar-refractivity contribution in [3.63, 3.8) is 0 Å². The third-order valence-electron chi connectivity index (χ3n) is 6.65. The van der Waals surface area contributed by atoms with Gasteiger partial charge in [-0.15, -0.1) is 0 Å². The van der Waals surface area contributed by atoms with E-state index in [1.54, 1.807) is 0 Å². The van der Waals surface area contributed by atoms with Crippen LogP contribution in [0, 0.1) is 5.92 Å². The van der Waals surface area contributed by atoms with Gasteiger partial charge in [-0.2, -0.15) is 4.37 Å². The number of fused-ring (bicyclic) bond motifs is 1. The standard InChI is InChI=1S/C24H32N4O3S/c1-2-18-4-3-5-20-21(14-28(23(18)20)12-17-6-9-30-10-7-17)24-25-22(32-26-24)15-27-8-11-31-19(13-27)16-29/h3-5,14,17,19,29H,2,6-13,15-16H2,1H3. The monoisotopic (exact) mass is 456 g/mol. The molecule has 32 heavy (non-hydrogen) atoms. The molecule has 2 aromatic heterocycles. The number of aryl methyl sites for hydroxylation is 1. The Balaban J connectivity index is 1.42. The number of morpholine rings is 1. The van der Waals surface area contributed by atoms with Gasteiger partial charge in [0.05, 0.1) is 31.4 Å². The van der Waals surface area contributed by atoms with Crippen LogP contribution in [0.25, 0.3) is 22.3 Å². The maximum absolute atomic E-state index is 9.40. The van der Waals surface area contributed by atoms with Crippen LogP contribution in [0.5, 0.6) is 0 Å². The van der Waals surface area contributed by atoms with E-state index in [0.29, 0.717) is 12.5 Å². The van der Waals surface area contributed by atoms with E-state index in [1.807, 2.05) is 0 Å². The highest BCUT2D eigenvalue weighted by Crippen LogP contribution is 2.33. The number of hydrogen-bond donors (Lipinski definition) is 1. The molecule has 7 nitrogen and oxygen atoms in total. The molecule has 0 saturated carbocycles. The molecule has 0 bridgehead atoms. The molecule has 0 spiro atoms. The molecular weight excluding hydrogens is 424 g/mol. The number of aliphatic hydroxyl groups is 1. The SMILES string of the molecule is CCc1cccc2c(-c3nsc(CN4CCOC(CO)C4)n3)cn(CC3CCOCC3)c12. The maximum Gasteiger partial charge on any atom is 0.175 e. The Morgan fingerprint density at radius 3 is 2.91 bits per heavy atom. The van der Waals surface area contributed by atoms with Crippen LogP contribution in [0.15, 0.2) is 24.4 Å². The molecule has 172 valence electrons. The number of nitrogens with zero attached hydrogens (tertiary/aromatic N) is 4. The van der Waals surface area contributed by atoms with Gasteiger partial charge in [0.1, 0.15) is 5.01 Å². The lowest BCUT2D eigenvalue weighted by atomic mass is 10.00.